The van der Waals surface area contributed by atoms with Gasteiger partial charge < -0.3 is 9.42 Å². The molecule has 2 aromatic rings. The fourth-order valence-corrected chi connectivity index (χ4v) is 4.34. The van der Waals surface area contributed by atoms with Gasteiger partial charge in [-0.3, -0.25) is 15.1 Å². The van der Waals surface area contributed by atoms with Crippen molar-refractivity contribution >= 4 is 5.91 Å². The number of amides is 1. The Morgan fingerprint density at radius 1 is 1.17 bits per heavy atom. The molecule has 0 radical (unpaired) electrons. The molecule has 8 heteroatoms. The maximum absolute atomic E-state index is 12.8. The van der Waals surface area contributed by atoms with E-state index in [1.165, 1.54) is 12.8 Å². The molecule has 0 bridgehead atoms. The van der Waals surface area contributed by atoms with Crippen molar-refractivity contribution in [1.82, 2.24) is 30.8 Å². The molecule has 2 saturated heterocycles. The third-order valence-electron chi connectivity index (χ3n) is 6.32. The van der Waals surface area contributed by atoms with Gasteiger partial charge in [-0.1, -0.05) is 29.4 Å². The Morgan fingerprint density at radius 3 is 2.72 bits per heavy atom. The zero-order valence-corrected chi connectivity index (χ0v) is 16.8. The van der Waals surface area contributed by atoms with E-state index in [4.69, 9.17) is 4.52 Å². The van der Waals surface area contributed by atoms with Crippen molar-refractivity contribution in [2.45, 2.75) is 44.8 Å². The molecule has 29 heavy (non-hydrogen) atoms. The molecule has 1 aliphatic carbocycles. The Hall–Kier alpha value is -2.29. The van der Waals surface area contributed by atoms with Crippen LogP contribution in [0.25, 0.3) is 11.4 Å². The lowest BCUT2D eigenvalue weighted by Gasteiger charge is -2.35. The Morgan fingerprint density at radius 2 is 1.97 bits per heavy atom. The van der Waals surface area contributed by atoms with Crippen LogP contribution < -0.4 is 10.9 Å². The zero-order valence-electron chi connectivity index (χ0n) is 16.8. The van der Waals surface area contributed by atoms with Crippen LogP contribution in [0.5, 0.6) is 0 Å². The van der Waals surface area contributed by atoms with E-state index in [1.54, 1.807) is 0 Å². The maximum atomic E-state index is 12.8. The first-order valence-electron chi connectivity index (χ1n) is 10.6. The molecule has 154 valence electrons. The molecule has 2 N–H and O–H groups in total. The van der Waals surface area contributed by atoms with E-state index < -0.39 is 0 Å². The van der Waals surface area contributed by atoms with Crippen LogP contribution >= 0.6 is 0 Å². The molecule has 3 aliphatic rings. The van der Waals surface area contributed by atoms with Crippen LogP contribution in [-0.4, -0.2) is 64.1 Å². The van der Waals surface area contributed by atoms with Gasteiger partial charge in [0.25, 0.3) is 0 Å². The quantitative estimate of drug-likeness (QED) is 0.789. The Balaban J connectivity index is 1.13. The molecule has 1 aromatic carbocycles. The number of aromatic nitrogens is 2. The second kappa shape index (κ2) is 7.85. The van der Waals surface area contributed by atoms with Gasteiger partial charge in [0.2, 0.25) is 17.6 Å². The number of benzene rings is 1. The first kappa shape index (κ1) is 18.7. The molecule has 0 spiro atoms. The van der Waals surface area contributed by atoms with Crippen LogP contribution in [0, 0.1) is 12.8 Å². The second-order valence-electron chi connectivity index (χ2n) is 8.45. The molecule has 3 fully saturated rings. The average Bonchev–Trinajstić information content (AvgIpc) is 3.29. The molecule has 8 nitrogen and oxygen atoms in total. The van der Waals surface area contributed by atoms with Gasteiger partial charge in [-0.25, -0.2) is 5.43 Å². The third-order valence-corrected chi connectivity index (χ3v) is 6.32. The molecule has 2 unspecified atom stereocenters. The monoisotopic (exact) mass is 396 g/mol. The fraction of sp³-hybridized carbons (Fsp3) is 0.571. The number of rotatable bonds is 5. The molecule has 1 saturated carbocycles. The van der Waals surface area contributed by atoms with E-state index in [0.29, 0.717) is 24.3 Å². The van der Waals surface area contributed by atoms with E-state index in [2.05, 4.69) is 25.9 Å². The summed E-state index contributed by atoms with van der Waals surface area (Å²) >= 11 is 0. The fourth-order valence-electron chi connectivity index (χ4n) is 4.34. The van der Waals surface area contributed by atoms with Gasteiger partial charge in [-0.05, 0) is 37.7 Å². The lowest BCUT2D eigenvalue weighted by molar-refractivity contribution is -0.135. The molecule has 1 aromatic heterocycles. The molecule has 2 atom stereocenters. The summed E-state index contributed by atoms with van der Waals surface area (Å²) in [7, 11) is 0. The standard InChI is InChI=1S/C21H28N6O2/c1-14-4-2-3-5-16(14)20-22-19(29-25-20)13-26-8-10-27(11-9-26)21(28)18-12-17(23-24-18)15-6-7-15/h2-5,15,17-18,23-24H,6-13H2,1H3. The summed E-state index contributed by atoms with van der Waals surface area (Å²) in [6.07, 6.45) is 3.49. The van der Waals surface area contributed by atoms with Gasteiger partial charge in [0.1, 0.15) is 6.04 Å². The number of carbonyl (C=O) groups excluding carboxylic acids is 1. The Labute approximate surface area is 170 Å². The van der Waals surface area contributed by atoms with Gasteiger partial charge in [0, 0.05) is 37.8 Å². The van der Waals surface area contributed by atoms with Crippen LogP contribution in [0.3, 0.4) is 0 Å². The highest BCUT2D eigenvalue weighted by molar-refractivity contribution is 5.82. The van der Waals surface area contributed by atoms with E-state index in [-0.39, 0.29) is 11.9 Å². The van der Waals surface area contributed by atoms with Crippen LogP contribution in [0.2, 0.25) is 0 Å². The molecule has 2 aliphatic heterocycles. The summed E-state index contributed by atoms with van der Waals surface area (Å²) in [6.45, 7) is 5.78. The summed E-state index contributed by atoms with van der Waals surface area (Å²) in [4.78, 5) is 21.6. The number of hydrogen-bond acceptors (Lipinski definition) is 7. The zero-order chi connectivity index (χ0) is 19.8. The molecular weight excluding hydrogens is 368 g/mol. The number of carbonyl (C=O) groups is 1. The minimum Gasteiger partial charge on any atom is -0.339 e. The minimum atomic E-state index is -0.0836. The van der Waals surface area contributed by atoms with Crippen LogP contribution in [0.1, 0.15) is 30.7 Å². The lowest BCUT2D eigenvalue weighted by atomic mass is 10.1. The summed E-state index contributed by atoms with van der Waals surface area (Å²) < 4.78 is 5.47. The van der Waals surface area contributed by atoms with Crippen LogP contribution in [-0.2, 0) is 11.3 Å². The first-order valence-corrected chi connectivity index (χ1v) is 10.6. The number of hydrazine groups is 1. The van der Waals surface area contributed by atoms with Gasteiger partial charge >= 0.3 is 0 Å². The SMILES string of the molecule is Cc1ccccc1-c1noc(CN2CCN(C(=O)C3CC(C4CC4)NN3)CC2)n1. The largest absolute Gasteiger partial charge is 0.339 e. The number of aryl methyl sites for hydroxylation is 1. The lowest BCUT2D eigenvalue weighted by Crippen LogP contribution is -2.53. The first-order chi connectivity index (χ1) is 14.2. The molecule has 1 amide bonds. The van der Waals surface area contributed by atoms with Crippen LogP contribution in [0.4, 0.5) is 0 Å². The molecule has 5 rings (SSSR count). The van der Waals surface area contributed by atoms with Gasteiger partial charge in [-0.15, -0.1) is 0 Å². The topological polar surface area (TPSA) is 86.5 Å². The highest BCUT2D eigenvalue weighted by atomic mass is 16.5. The average molecular weight is 396 g/mol. The predicted molar refractivity (Wildman–Crippen MR) is 108 cm³/mol. The van der Waals surface area contributed by atoms with Crippen LogP contribution in [0.15, 0.2) is 28.8 Å². The molecule has 3 heterocycles. The summed E-state index contributed by atoms with van der Waals surface area (Å²) in [6, 6.07) is 8.42. The van der Waals surface area contributed by atoms with Gasteiger partial charge in [0.05, 0.1) is 6.54 Å². The van der Waals surface area contributed by atoms with E-state index in [0.717, 1.165) is 49.6 Å². The Kier molecular flexibility index (Phi) is 5.07. The minimum absolute atomic E-state index is 0.0836. The Bertz CT molecular complexity index is 872. The van der Waals surface area contributed by atoms with Crippen molar-refractivity contribution in [1.29, 1.82) is 0 Å². The highest BCUT2D eigenvalue weighted by Gasteiger charge is 2.40. The van der Waals surface area contributed by atoms with Crippen molar-refractivity contribution < 1.29 is 9.32 Å². The van der Waals surface area contributed by atoms with Gasteiger partial charge in [-0.2, -0.15) is 4.98 Å². The number of hydrogen-bond donors (Lipinski definition) is 2. The maximum Gasteiger partial charge on any atom is 0.241 e. The van der Waals surface area contributed by atoms with Crippen molar-refractivity contribution in [2.24, 2.45) is 5.92 Å². The van der Waals surface area contributed by atoms with E-state index in [9.17, 15) is 4.79 Å². The van der Waals surface area contributed by atoms with Crippen molar-refractivity contribution in [2.75, 3.05) is 26.2 Å². The van der Waals surface area contributed by atoms with Crippen molar-refractivity contribution in [3.05, 3.63) is 35.7 Å². The second-order valence-corrected chi connectivity index (χ2v) is 8.45. The normalized spacial score (nSPS) is 25.5. The van der Waals surface area contributed by atoms with Gasteiger partial charge in [0.15, 0.2) is 0 Å². The summed E-state index contributed by atoms with van der Waals surface area (Å²) in [5.41, 5.74) is 8.66. The highest BCUT2D eigenvalue weighted by Crippen LogP contribution is 2.35. The number of piperazine rings is 1. The van der Waals surface area contributed by atoms with E-state index >= 15 is 0 Å². The van der Waals surface area contributed by atoms with Crippen molar-refractivity contribution in [3.8, 4) is 11.4 Å². The third kappa shape index (κ3) is 4.05. The predicted octanol–water partition coefficient (Wildman–Crippen LogP) is 1.33. The summed E-state index contributed by atoms with van der Waals surface area (Å²) in [5.74, 6) is 2.24. The number of nitrogens with zero attached hydrogens (tertiary/aromatic N) is 4. The molecular formula is C21H28N6O2. The van der Waals surface area contributed by atoms with E-state index in [1.807, 2.05) is 36.1 Å². The smallest absolute Gasteiger partial charge is 0.241 e. The number of nitrogens with one attached hydrogen (secondary N) is 2. The van der Waals surface area contributed by atoms with Crippen molar-refractivity contribution in [3.63, 3.8) is 0 Å². The summed E-state index contributed by atoms with van der Waals surface area (Å²) in [5, 5.41) is 4.14.